The summed E-state index contributed by atoms with van der Waals surface area (Å²) >= 11 is 0. The molecule has 0 unspecified atom stereocenters. The van der Waals surface area contributed by atoms with Crippen molar-refractivity contribution in [2.24, 2.45) is 11.8 Å². The summed E-state index contributed by atoms with van der Waals surface area (Å²) in [4.78, 5) is 0. The minimum Gasteiger partial charge on any atom is -0.206 e. The molecule has 3 heteroatoms. The van der Waals surface area contributed by atoms with Gasteiger partial charge in [-0.25, -0.2) is 13.2 Å². The van der Waals surface area contributed by atoms with Crippen LogP contribution < -0.4 is 0 Å². The number of fused-ring (bicyclic) bond motifs is 1. The number of rotatable bonds is 7. The molecule has 3 aromatic rings. The summed E-state index contributed by atoms with van der Waals surface area (Å²) < 4.78 is 44.2. The zero-order valence-electron chi connectivity index (χ0n) is 19.2. The summed E-state index contributed by atoms with van der Waals surface area (Å²) in [5.74, 6) is -1.02. The number of benzene rings is 3. The number of halogens is 3. The fraction of sp³-hybridized carbons (Fsp3) is 0.448. The Morgan fingerprint density at radius 3 is 2.03 bits per heavy atom. The molecule has 0 N–H and O–H groups in total. The molecule has 1 aliphatic carbocycles. The minimum atomic E-state index is -1.10. The monoisotopic (exact) mass is 438 g/mol. The van der Waals surface area contributed by atoms with E-state index in [4.69, 9.17) is 0 Å². The van der Waals surface area contributed by atoms with Crippen molar-refractivity contribution in [1.29, 1.82) is 0 Å². The maximum atomic E-state index is 14.9. The molecule has 1 fully saturated rings. The summed E-state index contributed by atoms with van der Waals surface area (Å²) in [6.45, 7) is 4.07. The van der Waals surface area contributed by atoms with Crippen LogP contribution in [0.1, 0.15) is 69.9 Å². The van der Waals surface area contributed by atoms with Crippen LogP contribution in [0.15, 0.2) is 42.5 Å². The van der Waals surface area contributed by atoms with E-state index in [1.807, 2.05) is 24.3 Å². The molecule has 0 atom stereocenters. The normalized spacial score (nSPS) is 18.9. The smallest absolute Gasteiger partial charge is 0.170 e. The summed E-state index contributed by atoms with van der Waals surface area (Å²) in [5.41, 5.74) is 2.42. The van der Waals surface area contributed by atoms with Crippen LogP contribution in [-0.2, 0) is 12.8 Å². The van der Waals surface area contributed by atoms with E-state index in [2.05, 4.69) is 6.92 Å². The number of aryl methyl sites for hydroxylation is 2. The molecule has 170 valence electrons. The molecule has 0 amide bonds. The molecule has 3 aromatic carbocycles. The molecule has 0 radical (unpaired) electrons. The Bertz CT molecular complexity index is 1060. The van der Waals surface area contributed by atoms with E-state index < -0.39 is 17.5 Å². The van der Waals surface area contributed by atoms with Crippen molar-refractivity contribution >= 4 is 10.8 Å². The number of hydrogen-bond acceptors (Lipinski definition) is 0. The highest BCUT2D eigenvalue weighted by atomic mass is 19.2. The zero-order chi connectivity index (χ0) is 22.7. The van der Waals surface area contributed by atoms with Crippen molar-refractivity contribution in [3.63, 3.8) is 0 Å². The molecular formula is C29H33F3. The van der Waals surface area contributed by atoms with Gasteiger partial charge in [0.2, 0.25) is 0 Å². The lowest BCUT2D eigenvalue weighted by Gasteiger charge is -2.28. The lowest BCUT2D eigenvalue weighted by atomic mass is 9.78. The maximum Gasteiger partial charge on any atom is 0.170 e. The quantitative estimate of drug-likeness (QED) is 0.345. The summed E-state index contributed by atoms with van der Waals surface area (Å²) in [6, 6.07) is 12.6. The summed E-state index contributed by atoms with van der Waals surface area (Å²) in [6.07, 6.45) is 10.7. The van der Waals surface area contributed by atoms with Crippen LogP contribution >= 0.6 is 0 Å². The predicted octanol–water partition coefficient (Wildman–Crippen LogP) is 9.03. The molecule has 4 rings (SSSR count). The van der Waals surface area contributed by atoms with Gasteiger partial charge in [0.25, 0.3) is 0 Å². The van der Waals surface area contributed by atoms with Crippen LogP contribution in [0.3, 0.4) is 0 Å². The van der Waals surface area contributed by atoms with Crippen molar-refractivity contribution in [1.82, 2.24) is 0 Å². The van der Waals surface area contributed by atoms with Crippen LogP contribution in [0, 0.1) is 29.3 Å². The fourth-order valence-electron chi connectivity index (χ4n) is 5.35. The van der Waals surface area contributed by atoms with Crippen LogP contribution in [0.2, 0.25) is 0 Å². The Balaban J connectivity index is 1.48. The first-order chi connectivity index (χ1) is 15.5. The third-order valence-electron chi connectivity index (χ3n) is 7.35. The van der Waals surface area contributed by atoms with Gasteiger partial charge in [-0.1, -0.05) is 88.8 Å². The van der Waals surface area contributed by atoms with Gasteiger partial charge in [-0.05, 0) is 59.2 Å². The largest absolute Gasteiger partial charge is 0.206 e. The molecule has 0 spiro atoms. The summed E-state index contributed by atoms with van der Waals surface area (Å²) in [7, 11) is 0. The molecule has 0 heterocycles. The van der Waals surface area contributed by atoms with E-state index in [0.29, 0.717) is 22.9 Å². The first-order valence-electron chi connectivity index (χ1n) is 12.2. The zero-order valence-corrected chi connectivity index (χ0v) is 19.2. The van der Waals surface area contributed by atoms with Crippen LogP contribution in [-0.4, -0.2) is 0 Å². The molecule has 32 heavy (non-hydrogen) atoms. The molecule has 0 aliphatic heterocycles. The fourth-order valence-corrected chi connectivity index (χ4v) is 5.35. The highest BCUT2D eigenvalue weighted by molar-refractivity contribution is 5.89. The topological polar surface area (TPSA) is 0 Å². The van der Waals surface area contributed by atoms with Gasteiger partial charge < -0.3 is 0 Å². The van der Waals surface area contributed by atoms with E-state index >= 15 is 0 Å². The van der Waals surface area contributed by atoms with Crippen LogP contribution in [0.25, 0.3) is 21.9 Å². The van der Waals surface area contributed by atoms with Gasteiger partial charge in [-0.2, -0.15) is 0 Å². The molecule has 0 aromatic heterocycles. The van der Waals surface area contributed by atoms with Crippen molar-refractivity contribution in [2.45, 2.75) is 71.6 Å². The highest BCUT2D eigenvalue weighted by Gasteiger charge is 2.21. The Hall–Kier alpha value is -2.29. The second-order valence-corrected chi connectivity index (χ2v) is 9.45. The molecule has 0 saturated heterocycles. The lowest BCUT2D eigenvalue weighted by Crippen LogP contribution is -2.15. The first-order valence-corrected chi connectivity index (χ1v) is 12.2. The SMILES string of the molecule is CCCC1CCC(CCc2ccc(-c3cc4ccc(CC)c(F)c4c(F)c3F)cc2)CC1. The minimum absolute atomic E-state index is 0.180. The van der Waals surface area contributed by atoms with Crippen molar-refractivity contribution in [2.75, 3.05) is 0 Å². The Morgan fingerprint density at radius 2 is 1.41 bits per heavy atom. The van der Waals surface area contributed by atoms with Crippen LogP contribution in [0.5, 0.6) is 0 Å². The highest BCUT2D eigenvalue weighted by Crippen LogP contribution is 2.35. The Morgan fingerprint density at radius 1 is 0.750 bits per heavy atom. The number of hydrogen-bond donors (Lipinski definition) is 0. The van der Waals surface area contributed by atoms with Gasteiger partial charge in [-0.3, -0.25) is 0 Å². The van der Waals surface area contributed by atoms with Crippen molar-refractivity contribution in [3.05, 3.63) is 71.0 Å². The Kier molecular flexibility index (Phi) is 7.23. The van der Waals surface area contributed by atoms with Gasteiger partial charge >= 0.3 is 0 Å². The second kappa shape index (κ2) is 10.1. The van der Waals surface area contributed by atoms with Gasteiger partial charge in [0, 0.05) is 5.56 Å². The molecular weight excluding hydrogens is 405 g/mol. The van der Waals surface area contributed by atoms with Gasteiger partial charge in [0.15, 0.2) is 11.6 Å². The Labute approximate surface area is 189 Å². The first kappa shape index (κ1) is 22.9. The van der Waals surface area contributed by atoms with Crippen LogP contribution in [0.4, 0.5) is 13.2 Å². The van der Waals surface area contributed by atoms with E-state index in [-0.39, 0.29) is 10.9 Å². The van der Waals surface area contributed by atoms with E-state index in [1.54, 1.807) is 25.1 Å². The second-order valence-electron chi connectivity index (χ2n) is 9.45. The average molecular weight is 439 g/mol. The third kappa shape index (κ3) is 4.72. The van der Waals surface area contributed by atoms with Gasteiger partial charge in [0.1, 0.15) is 5.82 Å². The average Bonchev–Trinajstić information content (AvgIpc) is 2.81. The molecule has 0 bridgehead atoms. The predicted molar refractivity (Wildman–Crippen MR) is 127 cm³/mol. The summed E-state index contributed by atoms with van der Waals surface area (Å²) in [5, 5.41) is 0.132. The van der Waals surface area contributed by atoms with Gasteiger partial charge in [0.05, 0.1) is 5.39 Å². The lowest BCUT2D eigenvalue weighted by molar-refractivity contribution is 0.252. The third-order valence-corrected chi connectivity index (χ3v) is 7.35. The molecule has 1 aliphatic rings. The molecule has 0 nitrogen and oxygen atoms in total. The standard InChI is InChI=1S/C29H33F3/c1-3-5-19-6-8-20(9-7-19)10-11-21-12-14-23(15-13-21)25-18-24-17-16-22(4-2)27(30)26(24)29(32)28(25)31/h12-20H,3-11H2,1-2H3. The van der Waals surface area contributed by atoms with Crippen molar-refractivity contribution in [3.8, 4) is 11.1 Å². The van der Waals surface area contributed by atoms with E-state index in [1.165, 1.54) is 50.5 Å². The van der Waals surface area contributed by atoms with E-state index in [0.717, 1.165) is 18.3 Å². The molecule has 1 saturated carbocycles. The van der Waals surface area contributed by atoms with Crippen molar-refractivity contribution < 1.29 is 13.2 Å². The van der Waals surface area contributed by atoms with E-state index in [9.17, 15) is 13.2 Å². The maximum absolute atomic E-state index is 14.9. The van der Waals surface area contributed by atoms with Gasteiger partial charge in [-0.15, -0.1) is 0 Å².